The van der Waals surface area contributed by atoms with Gasteiger partial charge in [0.05, 0.1) is 48.0 Å². The molecule has 154 valence electrons. The maximum absolute atomic E-state index is 9.90. The van der Waals surface area contributed by atoms with Gasteiger partial charge in [0, 0.05) is 23.7 Å². The van der Waals surface area contributed by atoms with E-state index in [4.69, 9.17) is 4.74 Å². The first-order chi connectivity index (χ1) is 15.0. The van der Waals surface area contributed by atoms with Crippen molar-refractivity contribution in [3.8, 4) is 29.1 Å². The fourth-order valence-electron chi connectivity index (χ4n) is 3.64. The summed E-state index contributed by atoms with van der Waals surface area (Å²) in [6.07, 6.45) is 1.62. The zero-order chi connectivity index (χ0) is 22.0. The maximum atomic E-state index is 9.90. The molecule has 3 aromatic rings. The summed E-state index contributed by atoms with van der Waals surface area (Å²) >= 11 is 0. The molecule has 8 nitrogen and oxygen atoms in total. The van der Waals surface area contributed by atoms with Crippen LogP contribution in [-0.4, -0.2) is 35.3 Å². The van der Waals surface area contributed by atoms with Gasteiger partial charge in [-0.1, -0.05) is 6.92 Å². The minimum Gasteiger partial charge on any atom is -0.495 e. The van der Waals surface area contributed by atoms with E-state index in [0.29, 0.717) is 40.8 Å². The van der Waals surface area contributed by atoms with Crippen molar-refractivity contribution in [1.82, 2.24) is 9.97 Å². The van der Waals surface area contributed by atoms with Crippen LogP contribution in [0.4, 0.5) is 17.3 Å². The van der Waals surface area contributed by atoms with E-state index in [1.165, 1.54) is 0 Å². The van der Waals surface area contributed by atoms with Crippen LogP contribution in [0.2, 0.25) is 0 Å². The number of aromatic nitrogens is 2. The zero-order valence-corrected chi connectivity index (χ0v) is 17.1. The number of nitrogens with one attached hydrogen (secondary N) is 2. The zero-order valence-electron chi connectivity index (χ0n) is 17.1. The van der Waals surface area contributed by atoms with Crippen molar-refractivity contribution in [3.63, 3.8) is 0 Å². The Bertz CT molecular complexity index is 1240. The molecule has 2 heterocycles. The van der Waals surface area contributed by atoms with Crippen LogP contribution in [0, 0.1) is 22.7 Å². The highest BCUT2D eigenvalue weighted by Crippen LogP contribution is 2.41. The summed E-state index contributed by atoms with van der Waals surface area (Å²) in [6.45, 7) is 2.48. The lowest BCUT2D eigenvalue weighted by Gasteiger charge is -2.21. The van der Waals surface area contributed by atoms with E-state index in [2.05, 4.69) is 32.7 Å². The van der Waals surface area contributed by atoms with Gasteiger partial charge in [0.25, 0.3) is 0 Å². The molecule has 1 atom stereocenters. The third kappa shape index (κ3) is 3.61. The average molecular weight is 412 g/mol. The lowest BCUT2D eigenvalue weighted by molar-refractivity contribution is 0.219. The highest BCUT2D eigenvalue weighted by atomic mass is 16.5. The smallest absolute Gasteiger partial charge is 0.227 e. The van der Waals surface area contributed by atoms with Gasteiger partial charge in [-0.25, -0.2) is 9.97 Å². The lowest BCUT2D eigenvalue weighted by Crippen LogP contribution is -2.28. The van der Waals surface area contributed by atoms with Gasteiger partial charge in [0.2, 0.25) is 5.95 Å². The van der Waals surface area contributed by atoms with E-state index in [9.17, 15) is 15.6 Å². The summed E-state index contributed by atoms with van der Waals surface area (Å²) < 4.78 is 5.35. The fraction of sp³-hybridized carbons (Fsp3) is 0.217. The maximum Gasteiger partial charge on any atom is 0.227 e. The van der Waals surface area contributed by atoms with Crippen LogP contribution in [0.1, 0.15) is 23.6 Å². The molecule has 1 unspecified atom stereocenters. The molecular weight excluding hydrogens is 392 g/mol. The Morgan fingerprint density at radius 2 is 2.06 bits per heavy atom. The molecule has 0 aliphatic carbocycles. The number of benzene rings is 2. The fourth-order valence-corrected chi connectivity index (χ4v) is 3.64. The largest absolute Gasteiger partial charge is 0.495 e. The number of methoxy groups -OCH3 is 1. The first kappa shape index (κ1) is 20.1. The molecule has 4 rings (SSSR count). The summed E-state index contributed by atoms with van der Waals surface area (Å²) in [4.78, 5) is 8.86. The Morgan fingerprint density at radius 3 is 2.77 bits per heavy atom. The number of hydrogen-bond donors (Lipinski definition) is 3. The summed E-state index contributed by atoms with van der Waals surface area (Å²) in [6, 6.07) is 14.9. The first-order valence-corrected chi connectivity index (χ1v) is 9.63. The predicted molar refractivity (Wildman–Crippen MR) is 116 cm³/mol. The Morgan fingerprint density at radius 1 is 1.23 bits per heavy atom. The minimum absolute atomic E-state index is 0.0348. The van der Waals surface area contributed by atoms with E-state index >= 15 is 0 Å². The van der Waals surface area contributed by atoms with Gasteiger partial charge in [-0.15, -0.1) is 0 Å². The molecule has 8 heteroatoms. The van der Waals surface area contributed by atoms with Gasteiger partial charge in [-0.2, -0.15) is 10.5 Å². The molecule has 1 aromatic heterocycles. The molecule has 0 amide bonds. The molecule has 31 heavy (non-hydrogen) atoms. The van der Waals surface area contributed by atoms with Gasteiger partial charge < -0.3 is 20.5 Å². The van der Waals surface area contributed by atoms with E-state index in [0.717, 1.165) is 16.8 Å². The van der Waals surface area contributed by atoms with Gasteiger partial charge in [-0.05, 0) is 42.0 Å². The van der Waals surface area contributed by atoms with Crippen LogP contribution >= 0.6 is 0 Å². The van der Waals surface area contributed by atoms with Crippen molar-refractivity contribution in [3.05, 3.63) is 59.3 Å². The number of nitriles is 2. The summed E-state index contributed by atoms with van der Waals surface area (Å²) in [7, 11) is 1.55. The van der Waals surface area contributed by atoms with Crippen LogP contribution in [0.15, 0.2) is 42.6 Å². The van der Waals surface area contributed by atoms with Gasteiger partial charge in [0.1, 0.15) is 11.8 Å². The highest BCUT2D eigenvalue weighted by molar-refractivity contribution is 5.76. The molecule has 0 saturated carbocycles. The summed E-state index contributed by atoms with van der Waals surface area (Å²) in [5.74, 6) is 0.884. The summed E-state index contributed by atoms with van der Waals surface area (Å²) in [5, 5.41) is 35.1. The van der Waals surface area contributed by atoms with Crippen LogP contribution in [0.5, 0.6) is 5.75 Å². The second kappa shape index (κ2) is 7.94. The van der Waals surface area contributed by atoms with E-state index in [1.54, 1.807) is 43.6 Å². The standard InChI is InChI=1S/C23H20N6O2/c1-23(13-30)12-27-21-16(11-25)8-15(9-17(21)23)18-5-6-26-22(28-18)29-19-7-14(10-24)3-4-20(19)31-2/h3-9,27,30H,12-13H2,1-2H3,(H,26,28,29). The van der Waals surface area contributed by atoms with Gasteiger partial charge >= 0.3 is 0 Å². The molecule has 2 aromatic carbocycles. The molecular formula is C23H20N6O2. The number of ether oxygens (including phenoxy) is 1. The molecule has 0 spiro atoms. The Kier molecular flexibility index (Phi) is 5.16. The van der Waals surface area contributed by atoms with E-state index in [-0.39, 0.29) is 6.61 Å². The molecule has 1 aliphatic rings. The Hall–Kier alpha value is -4.14. The second-order valence-electron chi connectivity index (χ2n) is 7.55. The molecule has 0 radical (unpaired) electrons. The van der Waals surface area contributed by atoms with E-state index < -0.39 is 5.41 Å². The van der Waals surface area contributed by atoms with Gasteiger partial charge in [-0.3, -0.25) is 0 Å². The number of aliphatic hydroxyl groups is 1. The topological polar surface area (TPSA) is 127 Å². The number of anilines is 3. The number of hydrogen-bond acceptors (Lipinski definition) is 8. The third-order valence-electron chi connectivity index (χ3n) is 5.44. The van der Waals surface area contributed by atoms with Crippen LogP contribution < -0.4 is 15.4 Å². The number of aliphatic hydroxyl groups excluding tert-OH is 1. The van der Waals surface area contributed by atoms with Crippen molar-refractivity contribution >= 4 is 17.3 Å². The molecule has 1 aliphatic heterocycles. The van der Waals surface area contributed by atoms with Crippen molar-refractivity contribution in [2.24, 2.45) is 0 Å². The summed E-state index contributed by atoms with van der Waals surface area (Å²) in [5.41, 5.74) is 4.10. The normalized spacial score (nSPS) is 16.5. The van der Waals surface area contributed by atoms with Crippen molar-refractivity contribution < 1.29 is 9.84 Å². The Labute approximate surface area is 179 Å². The molecule has 3 N–H and O–H groups in total. The minimum atomic E-state index is -0.476. The molecule has 0 saturated heterocycles. The lowest BCUT2D eigenvalue weighted by atomic mass is 9.83. The monoisotopic (exact) mass is 412 g/mol. The number of fused-ring (bicyclic) bond motifs is 1. The molecule has 0 fully saturated rings. The average Bonchev–Trinajstić information content (AvgIpc) is 3.15. The SMILES string of the molecule is COc1ccc(C#N)cc1Nc1nccc(-c2cc(C#N)c3c(c2)C(C)(CO)CN3)n1. The van der Waals surface area contributed by atoms with Crippen LogP contribution in [0.3, 0.4) is 0 Å². The van der Waals surface area contributed by atoms with Crippen LogP contribution in [-0.2, 0) is 5.41 Å². The first-order valence-electron chi connectivity index (χ1n) is 9.63. The van der Waals surface area contributed by atoms with E-state index in [1.807, 2.05) is 13.0 Å². The number of rotatable bonds is 5. The Balaban J connectivity index is 1.75. The number of nitrogens with zero attached hydrogens (tertiary/aromatic N) is 4. The van der Waals surface area contributed by atoms with Gasteiger partial charge in [0.15, 0.2) is 0 Å². The quantitative estimate of drug-likeness (QED) is 0.582. The predicted octanol–water partition coefficient (Wildman–Crippen LogP) is 3.31. The second-order valence-corrected chi connectivity index (χ2v) is 7.55. The van der Waals surface area contributed by atoms with Crippen LogP contribution in [0.25, 0.3) is 11.3 Å². The van der Waals surface area contributed by atoms with Crippen molar-refractivity contribution in [2.75, 3.05) is 30.9 Å². The van der Waals surface area contributed by atoms with Crippen molar-refractivity contribution in [2.45, 2.75) is 12.3 Å². The molecule has 0 bridgehead atoms. The van der Waals surface area contributed by atoms with Crippen molar-refractivity contribution in [1.29, 1.82) is 10.5 Å². The highest BCUT2D eigenvalue weighted by Gasteiger charge is 2.35. The third-order valence-corrected chi connectivity index (χ3v) is 5.44.